The van der Waals surface area contributed by atoms with Gasteiger partial charge in [0.1, 0.15) is 0 Å². The van der Waals surface area contributed by atoms with E-state index in [-0.39, 0.29) is 8.22 Å². The Morgan fingerprint density at radius 2 is 1.33 bits per heavy atom. The molecule has 0 spiro atoms. The molecule has 0 bridgehead atoms. The molecule has 0 aromatic carbocycles. The summed E-state index contributed by atoms with van der Waals surface area (Å²) in [7, 11) is 0.209. The van der Waals surface area contributed by atoms with Gasteiger partial charge in [0.25, 0.3) is 0 Å². The number of rotatable bonds is 3. The zero-order valence-corrected chi connectivity index (χ0v) is 8.47. The maximum Gasteiger partial charge on any atom is 0.0429 e. The summed E-state index contributed by atoms with van der Waals surface area (Å²) in [6.45, 7) is 5.61. The first kappa shape index (κ1) is 7.73. The van der Waals surface area contributed by atoms with Gasteiger partial charge < -0.3 is 0 Å². The molecule has 0 atom stereocenters. The molecule has 0 radical (unpaired) electrons. The summed E-state index contributed by atoms with van der Waals surface area (Å²) in [6.07, 6.45) is 6.06. The van der Waals surface area contributed by atoms with E-state index in [1.165, 1.54) is 51.9 Å². The maximum absolute atomic E-state index is 2.72. The largest absolute Gasteiger partial charge is 0.267 e. The molecule has 68 valence electrons. The minimum Gasteiger partial charge on any atom is -0.267 e. The molecule has 1 aliphatic carbocycles. The molecule has 3 rings (SSSR count). The SMILES string of the molecule is C1CCC(P(N2CC2)N2CC2)C1. The van der Waals surface area contributed by atoms with Gasteiger partial charge in [-0.05, 0) is 12.8 Å². The van der Waals surface area contributed by atoms with E-state index in [1.54, 1.807) is 0 Å². The van der Waals surface area contributed by atoms with Crippen LogP contribution < -0.4 is 0 Å². The van der Waals surface area contributed by atoms with E-state index in [0.717, 1.165) is 5.66 Å². The lowest BCUT2D eigenvalue weighted by molar-refractivity contribution is 0.731. The summed E-state index contributed by atoms with van der Waals surface area (Å²) in [5.41, 5.74) is 1.09. The summed E-state index contributed by atoms with van der Waals surface area (Å²) < 4.78 is 5.44. The van der Waals surface area contributed by atoms with Gasteiger partial charge in [0.05, 0.1) is 0 Å². The van der Waals surface area contributed by atoms with E-state index < -0.39 is 0 Å². The van der Waals surface area contributed by atoms with Gasteiger partial charge in [-0.25, -0.2) is 0 Å². The van der Waals surface area contributed by atoms with Crippen LogP contribution in [0.1, 0.15) is 25.7 Å². The first-order chi connectivity index (χ1) is 5.95. The molecule has 0 unspecified atom stereocenters. The van der Waals surface area contributed by atoms with Crippen LogP contribution in [0.2, 0.25) is 0 Å². The van der Waals surface area contributed by atoms with Crippen molar-refractivity contribution in [2.75, 3.05) is 26.2 Å². The third-order valence-electron chi connectivity index (χ3n) is 3.08. The van der Waals surface area contributed by atoms with Crippen LogP contribution in [0.25, 0.3) is 0 Å². The topological polar surface area (TPSA) is 6.02 Å². The Labute approximate surface area is 75.8 Å². The zero-order valence-electron chi connectivity index (χ0n) is 7.58. The van der Waals surface area contributed by atoms with Gasteiger partial charge in [0.2, 0.25) is 0 Å². The fraction of sp³-hybridized carbons (Fsp3) is 1.00. The third-order valence-corrected chi connectivity index (χ3v) is 6.21. The van der Waals surface area contributed by atoms with Crippen molar-refractivity contribution in [3.8, 4) is 0 Å². The van der Waals surface area contributed by atoms with Gasteiger partial charge in [0.15, 0.2) is 0 Å². The van der Waals surface area contributed by atoms with Gasteiger partial charge in [-0.2, -0.15) is 0 Å². The van der Waals surface area contributed by atoms with Crippen LogP contribution in [0, 0.1) is 0 Å². The molecule has 2 nitrogen and oxygen atoms in total. The van der Waals surface area contributed by atoms with Gasteiger partial charge in [-0.1, -0.05) is 12.8 Å². The zero-order chi connectivity index (χ0) is 7.97. The standard InChI is InChI=1S/C9H17N2P/c1-2-4-9(3-1)12(10-5-6-10)11-7-8-11/h9H,1-8H2. The van der Waals surface area contributed by atoms with Crippen LogP contribution in [0.3, 0.4) is 0 Å². The summed E-state index contributed by atoms with van der Waals surface area (Å²) in [5.74, 6) is 0. The molecule has 2 saturated heterocycles. The average Bonchev–Trinajstić information content (AvgIpc) is 2.95. The Morgan fingerprint density at radius 1 is 0.833 bits per heavy atom. The number of hydrogen-bond donors (Lipinski definition) is 0. The highest BCUT2D eigenvalue weighted by molar-refractivity contribution is 7.54. The average molecular weight is 184 g/mol. The fourth-order valence-electron chi connectivity index (χ4n) is 2.28. The summed E-state index contributed by atoms with van der Waals surface area (Å²) in [4.78, 5) is 0. The van der Waals surface area contributed by atoms with Gasteiger partial charge in [-0.15, -0.1) is 0 Å². The van der Waals surface area contributed by atoms with Crippen molar-refractivity contribution >= 4 is 8.22 Å². The Bertz CT molecular complexity index is 159. The Kier molecular flexibility index (Phi) is 1.89. The Hall–Kier alpha value is 0.350. The number of nitrogens with zero attached hydrogens (tertiary/aromatic N) is 2. The van der Waals surface area contributed by atoms with Gasteiger partial charge >= 0.3 is 0 Å². The lowest BCUT2D eigenvalue weighted by atomic mass is 10.4. The second kappa shape index (κ2) is 2.94. The van der Waals surface area contributed by atoms with Gasteiger partial charge in [0, 0.05) is 40.1 Å². The summed E-state index contributed by atoms with van der Waals surface area (Å²) >= 11 is 0. The van der Waals surface area contributed by atoms with E-state index in [9.17, 15) is 0 Å². The molecule has 0 N–H and O–H groups in total. The maximum atomic E-state index is 2.72. The first-order valence-electron chi connectivity index (χ1n) is 5.24. The Balaban J connectivity index is 1.67. The monoisotopic (exact) mass is 184 g/mol. The second-order valence-electron chi connectivity index (χ2n) is 4.17. The predicted molar refractivity (Wildman–Crippen MR) is 52.3 cm³/mol. The highest BCUT2D eigenvalue weighted by atomic mass is 31.1. The lowest BCUT2D eigenvalue weighted by Gasteiger charge is -2.25. The highest BCUT2D eigenvalue weighted by Crippen LogP contribution is 2.59. The van der Waals surface area contributed by atoms with Crippen LogP contribution in [0.15, 0.2) is 0 Å². The molecule has 2 aliphatic heterocycles. The smallest absolute Gasteiger partial charge is 0.0429 e. The minimum atomic E-state index is 0.209. The molecule has 3 aliphatic rings. The Morgan fingerprint density at radius 3 is 1.75 bits per heavy atom. The highest BCUT2D eigenvalue weighted by Gasteiger charge is 2.42. The molecule has 3 heteroatoms. The molecule has 0 amide bonds. The van der Waals surface area contributed by atoms with Crippen molar-refractivity contribution in [2.45, 2.75) is 31.3 Å². The molecule has 0 aromatic heterocycles. The molecule has 0 aromatic rings. The van der Waals surface area contributed by atoms with Gasteiger partial charge in [-0.3, -0.25) is 9.34 Å². The molecular formula is C9H17N2P. The lowest BCUT2D eigenvalue weighted by Crippen LogP contribution is -2.11. The predicted octanol–water partition coefficient (Wildman–Crippen LogP) is 1.87. The van der Waals surface area contributed by atoms with Crippen molar-refractivity contribution in [3.05, 3.63) is 0 Å². The van der Waals surface area contributed by atoms with Crippen molar-refractivity contribution in [1.82, 2.24) is 9.34 Å². The molecule has 2 heterocycles. The van der Waals surface area contributed by atoms with Crippen LogP contribution in [0.5, 0.6) is 0 Å². The van der Waals surface area contributed by atoms with E-state index in [4.69, 9.17) is 0 Å². The quantitative estimate of drug-likeness (QED) is 0.488. The van der Waals surface area contributed by atoms with E-state index in [1.807, 2.05) is 0 Å². The molecule has 3 fully saturated rings. The van der Waals surface area contributed by atoms with Crippen LogP contribution in [0.4, 0.5) is 0 Å². The fourth-order valence-corrected chi connectivity index (χ4v) is 5.38. The minimum absolute atomic E-state index is 0.209. The van der Waals surface area contributed by atoms with E-state index in [0.29, 0.717) is 0 Å². The van der Waals surface area contributed by atoms with Crippen LogP contribution in [-0.2, 0) is 0 Å². The van der Waals surface area contributed by atoms with E-state index in [2.05, 4.69) is 9.34 Å². The van der Waals surface area contributed by atoms with Crippen LogP contribution >= 0.6 is 8.22 Å². The summed E-state index contributed by atoms with van der Waals surface area (Å²) in [6, 6.07) is 0. The van der Waals surface area contributed by atoms with E-state index >= 15 is 0 Å². The van der Waals surface area contributed by atoms with Crippen LogP contribution in [-0.4, -0.2) is 41.2 Å². The molecule has 1 saturated carbocycles. The second-order valence-corrected chi connectivity index (χ2v) is 6.67. The normalized spacial score (nSPS) is 31.8. The van der Waals surface area contributed by atoms with Crippen molar-refractivity contribution < 1.29 is 0 Å². The molecular weight excluding hydrogens is 167 g/mol. The molecule has 12 heavy (non-hydrogen) atoms. The first-order valence-corrected chi connectivity index (χ1v) is 6.56. The van der Waals surface area contributed by atoms with Crippen molar-refractivity contribution in [2.24, 2.45) is 0 Å². The van der Waals surface area contributed by atoms with Crippen molar-refractivity contribution in [3.63, 3.8) is 0 Å². The summed E-state index contributed by atoms with van der Waals surface area (Å²) in [5, 5.41) is 0. The third kappa shape index (κ3) is 1.41. The number of hydrogen-bond acceptors (Lipinski definition) is 2. The van der Waals surface area contributed by atoms with Crippen molar-refractivity contribution in [1.29, 1.82) is 0 Å².